The standard InChI is InChI=1S/C12H26N2/c1-12(2,13-3)11(14(4)5)10-8-6-7-9-10/h10-11,13H,6-9H2,1-5H3. The van der Waals surface area contributed by atoms with Gasteiger partial charge < -0.3 is 10.2 Å². The molecule has 1 fully saturated rings. The molecule has 0 heterocycles. The summed E-state index contributed by atoms with van der Waals surface area (Å²) >= 11 is 0. The fraction of sp³-hybridized carbons (Fsp3) is 1.00. The van der Waals surface area contributed by atoms with Crippen LogP contribution in [0.5, 0.6) is 0 Å². The van der Waals surface area contributed by atoms with Crippen molar-refractivity contribution in [2.24, 2.45) is 5.92 Å². The predicted octanol–water partition coefficient (Wildman–Crippen LogP) is 2.10. The van der Waals surface area contributed by atoms with Gasteiger partial charge in [-0.2, -0.15) is 0 Å². The van der Waals surface area contributed by atoms with Crippen molar-refractivity contribution in [1.82, 2.24) is 10.2 Å². The summed E-state index contributed by atoms with van der Waals surface area (Å²) in [5.74, 6) is 0.882. The van der Waals surface area contributed by atoms with E-state index in [1.165, 1.54) is 25.7 Å². The van der Waals surface area contributed by atoms with Crippen LogP contribution >= 0.6 is 0 Å². The molecular weight excluding hydrogens is 172 g/mol. The Labute approximate surface area is 89.1 Å². The normalized spacial score (nSPS) is 21.9. The molecule has 2 nitrogen and oxygen atoms in total. The molecule has 0 bridgehead atoms. The van der Waals surface area contributed by atoms with Crippen LogP contribution in [0.4, 0.5) is 0 Å². The van der Waals surface area contributed by atoms with E-state index in [4.69, 9.17) is 0 Å². The third-order valence-corrected chi connectivity index (χ3v) is 3.79. The van der Waals surface area contributed by atoms with Gasteiger partial charge in [0, 0.05) is 11.6 Å². The van der Waals surface area contributed by atoms with Crippen molar-refractivity contribution in [2.45, 2.75) is 51.1 Å². The maximum absolute atomic E-state index is 3.46. The van der Waals surface area contributed by atoms with Crippen molar-refractivity contribution in [3.05, 3.63) is 0 Å². The SMILES string of the molecule is CNC(C)(C)C(C1CCCC1)N(C)C. The third-order valence-electron chi connectivity index (χ3n) is 3.79. The summed E-state index contributed by atoms with van der Waals surface area (Å²) < 4.78 is 0. The molecular formula is C12H26N2. The van der Waals surface area contributed by atoms with Crippen molar-refractivity contribution >= 4 is 0 Å². The van der Waals surface area contributed by atoms with E-state index in [1.807, 2.05) is 0 Å². The van der Waals surface area contributed by atoms with E-state index in [0.717, 1.165) is 5.92 Å². The van der Waals surface area contributed by atoms with Gasteiger partial charge in [-0.1, -0.05) is 12.8 Å². The van der Waals surface area contributed by atoms with Crippen LogP contribution < -0.4 is 5.32 Å². The average Bonchev–Trinajstić information content (AvgIpc) is 2.56. The summed E-state index contributed by atoms with van der Waals surface area (Å²) in [7, 11) is 6.50. The average molecular weight is 198 g/mol. The Kier molecular flexibility index (Phi) is 3.96. The highest BCUT2D eigenvalue weighted by atomic mass is 15.2. The van der Waals surface area contributed by atoms with Crippen LogP contribution in [0.2, 0.25) is 0 Å². The van der Waals surface area contributed by atoms with Crippen LogP contribution in [0.15, 0.2) is 0 Å². The lowest BCUT2D eigenvalue weighted by molar-refractivity contribution is 0.117. The molecule has 0 aromatic carbocycles. The monoisotopic (exact) mass is 198 g/mol. The maximum atomic E-state index is 3.46. The number of hydrogen-bond donors (Lipinski definition) is 1. The Morgan fingerprint density at radius 1 is 1.21 bits per heavy atom. The Morgan fingerprint density at radius 3 is 2.07 bits per heavy atom. The van der Waals surface area contributed by atoms with Crippen LogP contribution in [0.25, 0.3) is 0 Å². The molecule has 2 heteroatoms. The molecule has 1 atom stereocenters. The molecule has 1 rings (SSSR count). The highest BCUT2D eigenvalue weighted by molar-refractivity contribution is 4.96. The van der Waals surface area contributed by atoms with Gasteiger partial charge >= 0.3 is 0 Å². The summed E-state index contributed by atoms with van der Waals surface area (Å²) in [5, 5.41) is 3.46. The summed E-state index contributed by atoms with van der Waals surface area (Å²) in [6.07, 6.45) is 5.67. The Morgan fingerprint density at radius 2 is 1.71 bits per heavy atom. The summed E-state index contributed by atoms with van der Waals surface area (Å²) in [5.41, 5.74) is 0.221. The van der Waals surface area contributed by atoms with Crippen molar-refractivity contribution in [3.63, 3.8) is 0 Å². The predicted molar refractivity (Wildman–Crippen MR) is 62.6 cm³/mol. The molecule has 1 unspecified atom stereocenters. The molecule has 84 valence electrons. The molecule has 0 spiro atoms. The van der Waals surface area contributed by atoms with E-state index in [-0.39, 0.29) is 5.54 Å². The fourth-order valence-electron chi connectivity index (χ4n) is 3.08. The minimum Gasteiger partial charge on any atom is -0.313 e. The van der Waals surface area contributed by atoms with E-state index < -0.39 is 0 Å². The van der Waals surface area contributed by atoms with E-state index in [9.17, 15) is 0 Å². The second-order valence-electron chi connectivity index (χ2n) is 5.42. The molecule has 0 amide bonds. The lowest BCUT2D eigenvalue weighted by Crippen LogP contribution is -2.57. The van der Waals surface area contributed by atoms with Gasteiger partial charge in [-0.3, -0.25) is 0 Å². The first-order valence-electron chi connectivity index (χ1n) is 5.84. The van der Waals surface area contributed by atoms with E-state index in [2.05, 4.69) is 45.2 Å². The van der Waals surface area contributed by atoms with Gasteiger partial charge in [0.15, 0.2) is 0 Å². The van der Waals surface area contributed by atoms with E-state index >= 15 is 0 Å². The van der Waals surface area contributed by atoms with Crippen LogP contribution in [-0.2, 0) is 0 Å². The van der Waals surface area contributed by atoms with Crippen molar-refractivity contribution in [2.75, 3.05) is 21.1 Å². The van der Waals surface area contributed by atoms with Crippen LogP contribution in [0.1, 0.15) is 39.5 Å². The van der Waals surface area contributed by atoms with Crippen molar-refractivity contribution in [3.8, 4) is 0 Å². The smallest absolute Gasteiger partial charge is 0.0294 e. The number of hydrogen-bond acceptors (Lipinski definition) is 2. The molecule has 1 saturated carbocycles. The summed E-state index contributed by atoms with van der Waals surface area (Å²) in [6.45, 7) is 4.63. The van der Waals surface area contributed by atoms with Gasteiger partial charge in [-0.15, -0.1) is 0 Å². The van der Waals surface area contributed by atoms with Gasteiger partial charge in [0.05, 0.1) is 0 Å². The molecule has 0 aromatic heterocycles. The van der Waals surface area contributed by atoms with E-state index in [1.54, 1.807) is 0 Å². The van der Waals surface area contributed by atoms with Gasteiger partial charge in [-0.25, -0.2) is 0 Å². The van der Waals surface area contributed by atoms with Crippen LogP contribution in [-0.4, -0.2) is 37.6 Å². The molecule has 0 saturated heterocycles. The van der Waals surface area contributed by atoms with Crippen molar-refractivity contribution in [1.29, 1.82) is 0 Å². The zero-order valence-electron chi connectivity index (χ0n) is 10.4. The first-order chi connectivity index (χ1) is 6.49. The Bertz CT molecular complexity index is 169. The molecule has 1 N–H and O–H groups in total. The minimum atomic E-state index is 0.221. The first-order valence-corrected chi connectivity index (χ1v) is 5.84. The minimum absolute atomic E-state index is 0.221. The number of nitrogens with zero attached hydrogens (tertiary/aromatic N) is 1. The van der Waals surface area contributed by atoms with E-state index in [0.29, 0.717) is 6.04 Å². The molecule has 0 aromatic rings. The fourth-order valence-corrected chi connectivity index (χ4v) is 3.08. The third kappa shape index (κ3) is 2.48. The topological polar surface area (TPSA) is 15.3 Å². The number of rotatable bonds is 4. The van der Waals surface area contributed by atoms with Gasteiger partial charge in [0.25, 0.3) is 0 Å². The zero-order valence-corrected chi connectivity index (χ0v) is 10.4. The van der Waals surface area contributed by atoms with Gasteiger partial charge in [0.2, 0.25) is 0 Å². The number of likely N-dealkylation sites (N-methyl/N-ethyl adjacent to an activating group) is 2. The highest BCUT2D eigenvalue weighted by Gasteiger charge is 2.37. The maximum Gasteiger partial charge on any atom is 0.0294 e. The second kappa shape index (κ2) is 4.63. The highest BCUT2D eigenvalue weighted by Crippen LogP contribution is 2.34. The van der Waals surface area contributed by atoms with Crippen LogP contribution in [0, 0.1) is 5.92 Å². The molecule has 1 aliphatic carbocycles. The second-order valence-corrected chi connectivity index (χ2v) is 5.42. The Hall–Kier alpha value is -0.0800. The van der Waals surface area contributed by atoms with Gasteiger partial charge in [0.1, 0.15) is 0 Å². The number of nitrogens with one attached hydrogen (secondary N) is 1. The van der Waals surface area contributed by atoms with Crippen molar-refractivity contribution < 1.29 is 0 Å². The molecule has 14 heavy (non-hydrogen) atoms. The molecule has 0 radical (unpaired) electrons. The Balaban J connectivity index is 2.72. The van der Waals surface area contributed by atoms with Crippen LogP contribution in [0.3, 0.4) is 0 Å². The summed E-state index contributed by atoms with van der Waals surface area (Å²) in [6, 6.07) is 0.662. The lowest BCUT2D eigenvalue weighted by atomic mass is 9.82. The largest absolute Gasteiger partial charge is 0.313 e. The summed E-state index contributed by atoms with van der Waals surface area (Å²) in [4.78, 5) is 2.40. The quantitative estimate of drug-likeness (QED) is 0.744. The molecule has 0 aliphatic heterocycles. The lowest BCUT2D eigenvalue weighted by Gasteiger charge is -2.42. The zero-order chi connectivity index (χ0) is 10.8. The molecule has 1 aliphatic rings. The first kappa shape index (κ1) is 12.0. The van der Waals surface area contributed by atoms with Gasteiger partial charge in [-0.05, 0) is 53.8 Å².